The minimum atomic E-state index is -4.37. The van der Waals surface area contributed by atoms with Crippen molar-refractivity contribution in [3.63, 3.8) is 0 Å². The summed E-state index contributed by atoms with van der Waals surface area (Å²) >= 11 is 0. The molecule has 1 aromatic heterocycles. The van der Waals surface area contributed by atoms with Gasteiger partial charge in [-0.25, -0.2) is 4.98 Å². The fourth-order valence-corrected chi connectivity index (χ4v) is 2.07. The second-order valence-electron chi connectivity index (χ2n) is 4.22. The third-order valence-corrected chi connectivity index (χ3v) is 2.85. The lowest BCUT2D eigenvalue weighted by atomic mass is 10.1. The molecule has 6 heteroatoms. The Hall–Kier alpha value is -1.30. The molecule has 2 rings (SSSR count). The lowest BCUT2D eigenvalue weighted by Crippen LogP contribution is -2.43. The van der Waals surface area contributed by atoms with Crippen molar-refractivity contribution >= 4 is 5.82 Å². The molecule has 0 saturated carbocycles. The average Bonchev–Trinajstić information content (AvgIpc) is 2.28. The lowest BCUT2D eigenvalue weighted by molar-refractivity contribution is -0.137. The maximum atomic E-state index is 12.8. The molecule has 1 aromatic rings. The highest BCUT2D eigenvalue weighted by Gasteiger charge is 2.36. The summed E-state index contributed by atoms with van der Waals surface area (Å²) in [4.78, 5) is 5.48. The van der Waals surface area contributed by atoms with Crippen LogP contribution in [-0.4, -0.2) is 24.1 Å². The number of piperidine rings is 1. The van der Waals surface area contributed by atoms with E-state index in [0.29, 0.717) is 13.1 Å². The zero-order chi connectivity index (χ0) is 12.5. The fourth-order valence-electron chi connectivity index (χ4n) is 2.07. The van der Waals surface area contributed by atoms with Crippen LogP contribution < -0.4 is 10.6 Å². The van der Waals surface area contributed by atoms with Crippen LogP contribution in [0.2, 0.25) is 0 Å². The van der Waals surface area contributed by atoms with Crippen molar-refractivity contribution in [2.45, 2.75) is 25.1 Å². The molecule has 94 valence electrons. The summed E-state index contributed by atoms with van der Waals surface area (Å²) in [6.07, 6.45) is -1.34. The molecule has 1 aliphatic rings. The normalized spacial score (nSPS) is 21.6. The Bertz CT molecular complexity index is 392. The van der Waals surface area contributed by atoms with Crippen LogP contribution in [0, 0.1) is 0 Å². The largest absolute Gasteiger partial charge is 0.419 e. The number of nitrogens with two attached hydrogens (primary N) is 1. The first-order valence-corrected chi connectivity index (χ1v) is 5.51. The average molecular weight is 245 g/mol. The summed E-state index contributed by atoms with van der Waals surface area (Å²) in [5.41, 5.74) is 5.08. The summed E-state index contributed by atoms with van der Waals surface area (Å²) in [6.45, 7) is 1.01. The minimum Gasteiger partial charge on any atom is -0.355 e. The number of rotatable bonds is 1. The van der Waals surface area contributed by atoms with Gasteiger partial charge in [0.15, 0.2) is 0 Å². The molecule has 1 aliphatic heterocycles. The number of halogens is 3. The second-order valence-corrected chi connectivity index (χ2v) is 4.22. The predicted molar refractivity (Wildman–Crippen MR) is 58.7 cm³/mol. The monoisotopic (exact) mass is 245 g/mol. The van der Waals surface area contributed by atoms with Gasteiger partial charge in [-0.1, -0.05) is 0 Å². The second kappa shape index (κ2) is 4.52. The molecule has 0 bridgehead atoms. The number of anilines is 1. The summed E-state index contributed by atoms with van der Waals surface area (Å²) in [5.74, 6) is -0.00449. The van der Waals surface area contributed by atoms with E-state index in [1.165, 1.54) is 12.3 Å². The number of alkyl halides is 3. The van der Waals surface area contributed by atoms with E-state index in [-0.39, 0.29) is 11.9 Å². The molecule has 1 atom stereocenters. The van der Waals surface area contributed by atoms with Gasteiger partial charge in [-0.2, -0.15) is 13.2 Å². The molecule has 17 heavy (non-hydrogen) atoms. The molecule has 0 spiro atoms. The van der Waals surface area contributed by atoms with Gasteiger partial charge in [0.25, 0.3) is 0 Å². The highest BCUT2D eigenvalue weighted by atomic mass is 19.4. The molecule has 3 nitrogen and oxygen atoms in total. The van der Waals surface area contributed by atoms with Gasteiger partial charge in [-0.3, -0.25) is 0 Å². The van der Waals surface area contributed by atoms with E-state index in [1.54, 1.807) is 4.90 Å². The van der Waals surface area contributed by atoms with Crippen molar-refractivity contribution in [2.75, 3.05) is 18.0 Å². The van der Waals surface area contributed by atoms with Gasteiger partial charge < -0.3 is 10.6 Å². The zero-order valence-corrected chi connectivity index (χ0v) is 9.24. The Morgan fingerprint density at radius 3 is 2.82 bits per heavy atom. The first-order valence-electron chi connectivity index (χ1n) is 5.51. The highest BCUT2D eigenvalue weighted by molar-refractivity contribution is 5.48. The molecule has 0 unspecified atom stereocenters. The summed E-state index contributed by atoms with van der Waals surface area (Å²) in [6, 6.07) is 2.28. The standard InChI is InChI=1S/C11H14F3N3/c12-11(13,14)9-4-1-5-16-10(9)17-6-2-3-8(15)7-17/h1,4-5,8H,2-3,6-7,15H2/t8-/m0/s1. The first-order chi connectivity index (χ1) is 7.98. The van der Waals surface area contributed by atoms with E-state index < -0.39 is 11.7 Å². The third-order valence-electron chi connectivity index (χ3n) is 2.85. The van der Waals surface area contributed by atoms with E-state index in [4.69, 9.17) is 5.73 Å². The number of hydrogen-bond acceptors (Lipinski definition) is 3. The molecule has 2 N–H and O–H groups in total. The summed E-state index contributed by atoms with van der Waals surface area (Å²) in [5, 5.41) is 0. The minimum absolute atomic E-state index is 0.00449. The van der Waals surface area contributed by atoms with Crippen LogP contribution in [0.4, 0.5) is 19.0 Å². The number of nitrogens with zero attached hydrogens (tertiary/aromatic N) is 2. The zero-order valence-electron chi connectivity index (χ0n) is 9.24. The molecule has 0 amide bonds. The molecule has 0 aliphatic carbocycles. The molecule has 0 aromatic carbocycles. The van der Waals surface area contributed by atoms with E-state index >= 15 is 0 Å². The van der Waals surface area contributed by atoms with Crippen LogP contribution in [-0.2, 0) is 6.18 Å². The maximum Gasteiger partial charge on any atom is 0.419 e. The molecule has 1 saturated heterocycles. The van der Waals surface area contributed by atoms with Crippen LogP contribution >= 0.6 is 0 Å². The summed E-state index contributed by atoms with van der Waals surface area (Å²) in [7, 11) is 0. The molecule has 0 radical (unpaired) electrons. The smallest absolute Gasteiger partial charge is 0.355 e. The number of pyridine rings is 1. The van der Waals surface area contributed by atoms with E-state index in [2.05, 4.69) is 4.98 Å². The molecule has 2 heterocycles. The summed E-state index contributed by atoms with van der Waals surface area (Å²) < 4.78 is 38.4. The Balaban J connectivity index is 2.31. The van der Waals surface area contributed by atoms with Crippen molar-refractivity contribution in [3.8, 4) is 0 Å². The third kappa shape index (κ3) is 2.69. The quantitative estimate of drug-likeness (QED) is 0.823. The van der Waals surface area contributed by atoms with Crippen LogP contribution in [0.3, 0.4) is 0 Å². The van der Waals surface area contributed by atoms with Crippen molar-refractivity contribution < 1.29 is 13.2 Å². The molecule has 1 fully saturated rings. The predicted octanol–water partition coefficient (Wildman–Crippen LogP) is 2.03. The lowest BCUT2D eigenvalue weighted by Gasteiger charge is -2.33. The first kappa shape index (κ1) is 12.2. The SMILES string of the molecule is N[C@H]1CCCN(c2ncccc2C(F)(F)F)C1. The van der Waals surface area contributed by atoms with Gasteiger partial charge in [-0.05, 0) is 25.0 Å². The molecular weight excluding hydrogens is 231 g/mol. The van der Waals surface area contributed by atoms with Crippen LogP contribution in [0.5, 0.6) is 0 Å². The van der Waals surface area contributed by atoms with Crippen LogP contribution in [0.15, 0.2) is 18.3 Å². The van der Waals surface area contributed by atoms with Gasteiger partial charge in [-0.15, -0.1) is 0 Å². The van der Waals surface area contributed by atoms with Gasteiger partial charge >= 0.3 is 6.18 Å². The van der Waals surface area contributed by atoms with E-state index in [9.17, 15) is 13.2 Å². The van der Waals surface area contributed by atoms with Crippen molar-refractivity contribution in [2.24, 2.45) is 5.73 Å². The maximum absolute atomic E-state index is 12.8. The molecular formula is C11H14F3N3. The number of hydrogen-bond donors (Lipinski definition) is 1. The van der Waals surface area contributed by atoms with Crippen molar-refractivity contribution in [1.29, 1.82) is 0 Å². The van der Waals surface area contributed by atoms with Crippen molar-refractivity contribution in [1.82, 2.24) is 4.98 Å². The van der Waals surface area contributed by atoms with Gasteiger partial charge in [0.05, 0.1) is 5.56 Å². The highest BCUT2D eigenvalue weighted by Crippen LogP contribution is 2.35. The number of aromatic nitrogens is 1. The Labute approximate surface area is 97.4 Å². The van der Waals surface area contributed by atoms with Gasteiger partial charge in [0, 0.05) is 25.3 Å². The van der Waals surface area contributed by atoms with Crippen LogP contribution in [0.1, 0.15) is 18.4 Å². The van der Waals surface area contributed by atoms with Crippen LogP contribution in [0.25, 0.3) is 0 Å². The van der Waals surface area contributed by atoms with E-state index in [0.717, 1.165) is 18.9 Å². The Morgan fingerprint density at radius 2 is 2.18 bits per heavy atom. The van der Waals surface area contributed by atoms with Crippen molar-refractivity contribution in [3.05, 3.63) is 23.9 Å². The van der Waals surface area contributed by atoms with E-state index in [1.807, 2.05) is 0 Å². The van der Waals surface area contributed by atoms with Gasteiger partial charge in [0.2, 0.25) is 0 Å². The Kier molecular flexibility index (Phi) is 3.24. The Morgan fingerprint density at radius 1 is 1.41 bits per heavy atom. The topological polar surface area (TPSA) is 42.1 Å². The van der Waals surface area contributed by atoms with Gasteiger partial charge in [0.1, 0.15) is 5.82 Å². The fraction of sp³-hybridized carbons (Fsp3) is 0.545.